The van der Waals surface area contributed by atoms with Crippen LogP contribution in [0.1, 0.15) is 6.92 Å². The van der Waals surface area contributed by atoms with Crippen LogP contribution in [0.4, 0.5) is 0 Å². The summed E-state index contributed by atoms with van der Waals surface area (Å²) in [5.74, 6) is 0.0312. The molecule has 0 atom stereocenters. The van der Waals surface area contributed by atoms with Gasteiger partial charge in [0.15, 0.2) is 0 Å². The molecule has 4 heteroatoms. The normalized spacial score (nSPS) is 10.1. The minimum atomic E-state index is 0.0312. The second-order valence-corrected chi connectivity index (χ2v) is 2.00. The SMILES string of the molecule is C/C=C\C(=N)Oc1ncccn1. The van der Waals surface area contributed by atoms with Crippen LogP contribution in [0.25, 0.3) is 0 Å². The number of nitrogens with one attached hydrogen (secondary N) is 1. The molecule has 4 nitrogen and oxygen atoms in total. The van der Waals surface area contributed by atoms with E-state index in [0.717, 1.165) is 0 Å². The lowest BCUT2D eigenvalue weighted by molar-refractivity contribution is 0.502. The minimum absolute atomic E-state index is 0.0312. The second-order valence-electron chi connectivity index (χ2n) is 2.00. The summed E-state index contributed by atoms with van der Waals surface area (Å²) in [6.07, 6.45) is 6.36. The Bertz CT molecular complexity index is 282. The Morgan fingerprint density at radius 1 is 1.50 bits per heavy atom. The summed E-state index contributed by atoms with van der Waals surface area (Å²) < 4.78 is 4.93. The highest BCUT2D eigenvalue weighted by Gasteiger charge is 1.96. The quantitative estimate of drug-likeness (QED) is 0.529. The van der Waals surface area contributed by atoms with Crippen LogP contribution in [0, 0.1) is 5.41 Å². The van der Waals surface area contributed by atoms with E-state index in [-0.39, 0.29) is 11.9 Å². The Kier molecular flexibility index (Phi) is 2.95. The van der Waals surface area contributed by atoms with Crippen molar-refractivity contribution in [3.63, 3.8) is 0 Å². The molecule has 0 aliphatic carbocycles. The van der Waals surface area contributed by atoms with Crippen LogP contribution < -0.4 is 4.74 Å². The van der Waals surface area contributed by atoms with E-state index in [9.17, 15) is 0 Å². The van der Waals surface area contributed by atoms with Crippen molar-refractivity contribution in [1.29, 1.82) is 5.41 Å². The number of nitrogens with zero attached hydrogens (tertiary/aromatic N) is 2. The highest BCUT2D eigenvalue weighted by atomic mass is 16.5. The lowest BCUT2D eigenvalue weighted by Crippen LogP contribution is -2.05. The van der Waals surface area contributed by atoms with E-state index in [1.807, 2.05) is 6.92 Å². The largest absolute Gasteiger partial charge is 0.406 e. The number of hydrogen-bond donors (Lipinski definition) is 1. The van der Waals surface area contributed by atoms with Crippen molar-refractivity contribution in [3.05, 3.63) is 30.6 Å². The summed E-state index contributed by atoms with van der Waals surface area (Å²) in [5.41, 5.74) is 0. The van der Waals surface area contributed by atoms with Gasteiger partial charge < -0.3 is 4.74 Å². The molecule has 0 aliphatic rings. The molecule has 0 fully saturated rings. The van der Waals surface area contributed by atoms with Crippen LogP contribution in [0.3, 0.4) is 0 Å². The Morgan fingerprint density at radius 3 is 2.75 bits per heavy atom. The summed E-state index contributed by atoms with van der Waals surface area (Å²) in [7, 11) is 0. The van der Waals surface area contributed by atoms with Gasteiger partial charge in [-0.05, 0) is 19.1 Å². The zero-order valence-corrected chi connectivity index (χ0v) is 6.69. The third-order valence-corrected chi connectivity index (χ3v) is 1.06. The van der Waals surface area contributed by atoms with Gasteiger partial charge in [0.25, 0.3) is 0 Å². The Hall–Kier alpha value is -1.71. The molecule has 0 bridgehead atoms. The molecule has 0 saturated heterocycles. The smallest absolute Gasteiger partial charge is 0.323 e. The van der Waals surface area contributed by atoms with E-state index >= 15 is 0 Å². The van der Waals surface area contributed by atoms with E-state index < -0.39 is 0 Å². The average Bonchev–Trinajstić information content (AvgIpc) is 2.06. The Labute approximate surface area is 70.4 Å². The van der Waals surface area contributed by atoms with Gasteiger partial charge in [-0.15, -0.1) is 0 Å². The van der Waals surface area contributed by atoms with Gasteiger partial charge >= 0.3 is 6.01 Å². The average molecular weight is 163 g/mol. The van der Waals surface area contributed by atoms with E-state index in [0.29, 0.717) is 0 Å². The Balaban J connectivity index is 2.59. The predicted octanol–water partition coefficient (Wildman–Crippen LogP) is 1.41. The number of ether oxygens (including phenoxy) is 1. The third kappa shape index (κ3) is 2.49. The summed E-state index contributed by atoms with van der Waals surface area (Å²) >= 11 is 0. The molecule has 12 heavy (non-hydrogen) atoms. The molecule has 0 unspecified atom stereocenters. The lowest BCUT2D eigenvalue weighted by atomic mass is 10.5. The summed E-state index contributed by atoms with van der Waals surface area (Å²) in [4.78, 5) is 7.59. The van der Waals surface area contributed by atoms with Crippen molar-refractivity contribution in [2.24, 2.45) is 0 Å². The predicted molar refractivity (Wildman–Crippen MR) is 45.2 cm³/mol. The number of aromatic nitrogens is 2. The van der Waals surface area contributed by atoms with E-state index in [4.69, 9.17) is 10.1 Å². The molecule has 0 radical (unpaired) electrons. The van der Waals surface area contributed by atoms with Gasteiger partial charge in [-0.2, -0.15) is 0 Å². The van der Waals surface area contributed by atoms with E-state index in [1.54, 1.807) is 24.5 Å². The molecule has 1 N–H and O–H groups in total. The van der Waals surface area contributed by atoms with Gasteiger partial charge in [-0.3, -0.25) is 5.41 Å². The lowest BCUT2D eigenvalue weighted by Gasteiger charge is -1.98. The third-order valence-electron chi connectivity index (χ3n) is 1.06. The molecule has 1 heterocycles. The topological polar surface area (TPSA) is 58.9 Å². The van der Waals surface area contributed by atoms with Crippen molar-refractivity contribution in [3.8, 4) is 6.01 Å². The molecule has 1 rings (SSSR count). The maximum absolute atomic E-state index is 7.24. The van der Waals surface area contributed by atoms with Crippen molar-refractivity contribution in [2.75, 3.05) is 0 Å². The van der Waals surface area contributed by atoms with Gasteiger partial charge in [-0.25, -0.2) is 9.97 Å². The fourth-order valence-corrected chi connectivity index (χ4v) is 0.622. The van der Waals surface area contributed by atoms with Crippen molar-refractivity contribution in [2.45, 2.75) is 6.92 Å². The molecule has 0 amide bonds. The number of rotatable bonds is 2. The van der Waals surface area contributed by atoms with E-state index in [1.165, 1.54) is 6.08 Å². The highest BCUT2D eigenvalue weighted by Crippen LogP contribution is 1.97. The molecule has 0 spiro atoms. The molecule has 0 aliphatic heterocycles. The molecular weight excluding hydrogens is 154 g/mol. The van der Waals surface area contributed by atoms with Gasteiger partial charge in [0, 0.05) is 12.4 Å². The van der Waals surface area contributed by atoms with Gasteiger partial charge in [-0.1, -0.05) is 6.08 Å². The number of allylic oxidation sites excluding steroid dienone is 1. The van der Waals surface area contributed by atoms with Crippen LogP contribution in [-0.2, 0) is 0 Å². The standard InChI is InChI=1S/C8H9N3O/c1-2-4-7(9)12-8-10-5-3-6-11-8/h2-6,9H,1H3/b4-2-,9-7?. The van der Waals surface area contributed by atoms with E-state index in [2.05, 4.69) is 9.97 Å². The molecule has 62 valence electrons. The minimum Gasteiger partial charge on any atom is -0.406 e. The maximum atomic E-state index is 7.24. The van der Waals surface area contributed by atoms with Crippen LogP contribution in [0.5, 0.6) is 6.01 Å². The summed E-state index contributed by atoms with van der Waals surface area (Å²) in [6.45, 7) is 1.81. The van der Waals surface area contributed by atoms with Crippen molar-refractivity contribution < 1.29 is 4.74 Å². The first-order valence-corrected chi connectivity index (χ1v) is 3.49. The van der Waals surface area contributed by atoms with Crippen LogP contribution in [0.15, 0.2) is 30.6 Å². The number of hydrogen-bond acceptors (Lipinski definition) is 4. The molecule has 0 saturated carbocycles. The van der Waals surface area contributed by atoms with Gasteiger partial charge in [0.05, 0.1) is 0 Å². The van der Waals surface area contributed by atoms with Gasteiger partial charge in [0.1, 0.15) is 0 Å². The van der Waals surface area contributed by atoms with Gasteiger partial charge in [0.2, 0.25) is 5.90 Å². The van der Waals surface area contributed by atoms with Crippen LogP contribution >= 0.6 is 0 Å². The molecule has 1 aromatic heterocycles. The Morgan fingerprint density at radius 2 is 2.17 bits per heavy atom. The first-order chi connectivity index (χ1) is 5.83. The monoisotopic (exact) mass is 163 g/mol. The fourth-order valence-electron chi connectivity index (χ4n) is 0.622. The highest BCUT2D eigenvalue weighted by molar-refractivity contribution is 5.86. The summed E-state index contributed by atoms with van der Waals surface area (Å²) in [6, 6.07) is 1.88. The molecule has 1 aromatic rings. The van der Waals surface area contributed by atoms with Crippen molar-refractivity contribution >= 4 is 5.90 Å². The fraction of sp³-hybridized carbons (Fsp3) is 0.125. The molecule has 0 aromatic carbocycles. The molecular formula is C8H9N3O. The zero-order valence-electron chi connectivity index (χ0n) is 6.69. The van der Waals surface area contributed by atoms with Crippen molar-refractivity contribution in [1.82, 2.24) is 9.97 Å². The zero-order chi connectivity index (χ0) is 8.81. The first kappa shape index (κ1) is 8.39. The summed E-state index contributed by atoms with van der Waals surface area (Å²) in [5, 5.41) is 7.24. The van der Waals surface area contributed by atoms with Crippen LogP contribution in [-0.4, -0.2) is 15.9 Å². The second kappa shape index (κ2) is 4.23. The first-order valence-electron chi connectivity index (χ1n) is 3.49. The van der Waals surface area contributed by atoms with Crippen LogP contribution in [0.2, 0.25) is 0 Å². The maximum Gasteiger partial charge on any atom is 0.323 e.